The Morgan fingerprint density at radius 3 is 2.75 bits per heavy atom. The summed E-state index contributed by atoms with van der Waals surface area (Å²) in [5, 5.41) is 20.4. The number of hydrogen-bond acceptors (Lipinski definition) is 4. The van der Waals surface area contributed by atoms with E-state index in [2.05, 4.69) is 0 Å². The Morgan fingerprint density at radius 2 is 2.25 bits per heavy atom. The van der Waals surface area contributed by atoms with Crippen molar-refractivity contribution in [2.45, 2.75) is 13.3 Å². The fourth-order valence-corrected chi connectivity index (χ4v) is 1.25. The number of non-ortho nitro benzene ring substituents is 1. The van der Waals surface area contributed by atoms with E-state index in [-0.39, 0.29) is 17.2 Å². The molecule has 0 radical (unpaired) electrons. The van der Waals surface area contributed by atoms with E-state index in [1.807, 2.05) is 6.92 Å². The summed E-state index contributed by atoms with van der Waals surface area (Å²) < 4.78 is 4.87. The average molecular weight is 223 g/mol. The number of nitro groups is 1. The van der Waals surface area contributed by atoms with Crippen molar-refractivity contribution in [2.24, 2.45) is 0 Å². The minimum Gasteiger partial charge on any atom is -0.504 e. The van der Waals surface area contributed by atoms with Gasteiger partial charge in [-0.25, -0.2) is 0 Å². The van der Waals surface area contributed by atoms with Crippen LogP contribution in [0.3, 0.4) is 0 Å². The third-order valence-electron chi connectivity index (χ3n) is 2.05. The molecule has 0 heterocycles. The zero-order valence-electron chi connectivity index (χ0n) is 9.14. The number of nitrogens with zero attached hydrogens (tertiary/aromatic N) is 1. The summed E-state index contributed by atoms with van der Waals surface area (Å²) in [6.07, 6.45) is 4.22. The zero-order chi connectivity index (χ0) is 12.1. The van der Waals surface area contributed by atoms with Crippen LogP contribution < -0.4 is 4.74 Å². The maximum absolute atomic E-state index is 10.7. The van der Waals surface area contributed by atoms with Gasteiger partial charge in [0.1, 0.15) is 0 Å². The quantitative estimate of drug-likeness (QED) is 0.629. The van der Waals surface area contributed by atoms with Crippen LogP contribution in [0, 0.1) is 10.1 Å². The monoisotopic (exact) mass is 223 g/mol. The van der Waals surface area contributed by atoms with E-state index >= 15 is 0 Å². The lowest BCUT2D eigenvalue weighted by Crippen LogP contribution is -1.92. The van der Waals surface area contributed by atoms with E-state index in [4.69, 9.17) is 4.74 Å². The first-order chi connectivity index (χ1) is 7.60. The highest BCUT2D eigenvalue weighted by atomic mass is 16.6. The molecule has 16 heavy (non-hydrogen) atoms. The van der Waals surface area contributed by atoms with Gasteiger partial charge in [0.25, 0.3) is 5.69 Å². The standard InChI is InChI=1S/C11H13NO4/c1-3-4-5-8-6-9(12(14)15)7-10(16-2)11(8)13/h4-7,13H,3H2,1-2H3. The number of allylic oxidation sites excluding steroid dienone is 1. The third kappa shape index (κ3) is 2.50. The molecule has 1 aromatic rings. The summed E-state index contributed by atoms with van der Waals surface area (Å²) in [6, 6.07) is 2.50. The second-order valence-electron chi connectivity index (χ2n) is 3.15. The van der Waals surface area contributed by atoms with Gasteiger partial charge < -0.3 is 9.84 Å². The summed E-state index contributed by atoms with van der Waals surface area (Å²) in [5.74, 6) is 0.0164. The number of phenolic OH excluding ortho intramolecular Hbond substituents is 1. The number of hydrogen-bond donors (Lipinski definition) is 1. The lowest BCUT2D eigenvalue weighted by Gasteiger charge is -2.05. The Balaban J connectivity index is 3.29. The molecule has 1 N–H and O–H groups in total. The van der Waals surface area contributed by atoms with E-state index in [9.17, 15) is 15.2 Å². The molecule has 0 aliphatic rings. The lowest BCUT2D eigenvalue weighted by atomic mass is 10.1. The fraction of sp³-hybridized carbons (Fsp3) is 0.273. The summed E-state index contributed by atoms with van der Waals surface area (Å²) in [4.78, 5) is 10.1. The molecule has 0 atom stereocenters. The van der Waals surface area contributed by atoms with Gasteiger partial charge in [-0.3, -0.25) is 10.1 Å². The van der Waals surface area contributed by atoms with E-state index in [0.29, 0.717) is 5.56 Å². The smallest absolute Gasteiger partial charge is 0.274 e. The van der Waals surface area contributed by atoms with Gasteiger partial charge >= 0.3 is 0 Å². The molecular formula is C11H13NO4. The maximum atomic E-state index is 10.7. The number of phenols is 1. The summed E-state index contributed by atoms with van der Waals surface area (Å²) in [7, 11) is 1.35. The molecule has 1 aromatic carbocycles. The first-order valence-corrected chi connectivity index (χ1v) is 4.82. The number of aromatic hydroxyl groups is 1. The summed E-state index contributed by atoms with van der Waals surface area (Å²) in [5.41, 5.74) is 0.276. The average Bonchev–Trinajstić information content (AvgIpc) is 2.27. The van der Waals surface area contributed by atoms with Crippen molar-refractivity contribution in [3.8, 4) is 11.5 Å². The van der Waals surface area contributed by atoms with Crippen molar-refractivity contribution in [3.63, 3.8) is 0 Å². The van der Waals surface area contributed by atoms with Gasteiger partial charge in [-0.15, -0.1) is 0 Å². The largest absolute Gasteiger partial charge is 0.504 e. The van der Waals surface area contributed by atoms with Crippen LogP contribution >= 0.6 is 0 Å². The van der Waals surface area contributed by atoms with Gasteiger partial charge in [-0.2, -0.15) is 0 Å². The van der Waals surface area contributed by atoms with E-state index < -0.39 is 4.92 Å². The Morgan fingerprint density at radius 1 is 1.56 bits per heavy atom. The van der Waals surface area contributed by atoms with Crippen molar-refractivity contribution in [1.29, 1.82) is 0 Å². The molecular weight excluding hydrogens is 210 g/mol. The van der Waals surface area contributed by atoms with Gasteiger partial charge in [0.05, 0.1) is 18.1 Å². The first-order valence-electron chi connectivity index (χ1n) is 4.82. The number of benzene rings is 1. The minimum absolute atomic E-state index is 0.0854. The Labute approximate surface area is 93.1 Å². The molecule has 5 nitrogen and oxygen atoms in total. The van der Waals surface area contributed by atoms with Gasteiger partial charge in [-0.05, 0) is 6.42 Å². The van der Waals surface area contributed by atoms with Crippen LogP contribution in [-0.4, -0.2) is 17.1 Å². The minimum atomic E-state index is -0.523. The van der Waals surface area contributed by atoms with Crippen LogP contribution in [0.2, 0.25) is 0 Å². The van der Waals surface area contributed by atoms with E-state index in [0.717, 1.165) is 6.42 Å². The Bertz CT molecular complexity index is 426. The van der Waals surface area contributed by atoms with Gasteiger partial charge in [0.2, 0.25) is 0 Å². The van der Waals surface area contributed by atoms with Crippen LogP contribution in [0.1, 0.15) is 18.9 Å². The second-order valence-corrected chi connectivity index (χ2v) is 3.15. The number of ether oxygens (including phenoxy) is 1. The summed E-state index contributed by atoms with van der Waals surface area (Å²) in [6.45, 7) is 1.93. The zero-order valence-corrected chi connectivity index (χ0v) is 9.14. The first kappa shape index (κ1) is 12.0. The lowest BCUT2D eigenvalue weighted by molar-refractivity contribution is -0.385. The van der Waals surface area contributed by atoms with Gasteiger partial charge in [-0.1, -0.05) is 19.1 Å². The molecule has 0 unspecified atom stereocenters. The van der Waals surface area contributed by atoms with Crippen molar-refractivity contribution in [2.75, 3.05) is 7.11 Å². The number of nitro benzene ring substituents is 1. The molecule has 0 bridgehead atoms. The van der Waals surface area contributed by atoms with E-state index in [1.165, 1.54) is 19.2 Å². The molecule has 0 fully saturated rings. The predicted octanol–water partition coefficient (Wildman–Crippen LogP) is 2.73. The van der Waals surface area contributed by atoms with Gasteiger partial charge in [0.15, 0.2) is 11.5 Å². The molecule has 5 heteroatoms. The molecule has 86 valence electrons. The molecule has 0 aliphatic heterocycles. The molecule has 0 saturated carbocycles. The van der Waals surface area contributed by atoms with E-state index in [1.54, 1.807) is 12.2 Å². The van der Waals surface area contributed by atoms with Gasteiger partial charge in [0, 0.05) is 11.6 Å². The topological polar surface area (TPSA) is 72.6 Å². The van der Waals surface area contributed by atoms with Crippen LogP contribution in [0.15, 0.2) is 18.2 Å². The fourth-order valence-electron chi connectivity index (χ4n) is 1.25. The number of rotatable bonds is 4. The Hall–Kier alpha value is -2.04. The maximum Gasteiger partial charge on any atom is 0.274 e. The highest BCUT2D eigenvalue weighted by molar-refractivity contribution is 5.65. The predicted molar refractivity (Wildman–Crippen MR) is 60.6 cm³/mol. The van der Waals surface area contributed by atoms with Crippen molar-refractivity contribution in [1.82, 2.24) is 0 Å². The summed E-state index contributed by atoms with van der Waals surface area (Å²) >= 11 is 0. The third-order valence-corrected chi connectivity index (χ3v) is 2.05. The van der Waals surface area contributed by atoms with Crippen molar-refractivity contribution < 1.29 is 14.8 Å². The molecule has 0 amide bonds. The van der Waals surface area contributed by atoms with Crippen molar-refractivity contribution in [3.05, 3.63) is 33.9 Å². The number of methoxy groups -OCH3 is 1. The molecule has 1 rings (SSSR count). The molecule has 0 spiro atoms. The van der Waals surface area contributed by atoms with Crippen molar-refractivity contribution >= 4 is 11.8 Å². The Kier molecular flexibility index (Phi) is 3.88. The van der Waals surface area contributed by atoms with Crippen LogP contribution in [0.4, 0.5) is 5.69 Å². The highest BCUT2D eigenvalue weighted by Crippen LogP contribution is 2.35. The highest BCUT2D eigenvalue weighted by Gasteiger charge is 2.14. The SMILES string of the molecule is CCC=Cc1cc([N+](=O)[O-])cc(OC)c1O. The molecule has 0 saturated heterocycles. The molecule has 0 aromatic heterocycles. The van der Waals surface area contributed by atoms with Crippen LogP contribution in [-0.2, 0) is 0 Å². The second kappa shape index (κ2) is 5.16. The van der Waals surface area contributed by atoms with Crippen LogP contribution in [0.5, 0.6) is 11.5 Å². The normalized spacial score (nSPS) is 10.6. The molecule has 0 aliphatic carbocycles. The van der Waals surface area contributed by atoms with Crippen LogP contribution in [0.25, 0.3) is 6.08 Å².